The standard InChI is InChI=1S/C12H11ClN2O2/c1-17-12-3-2-9(8-16)4-10(12)6-15-7-11(13)5-14-15/h2-5,7-8H,6H2,1H3. The third-order valence-electron chi connectivity index (χ3n) is 2.37. The number of carbonyl (C=O) groups excluding carboxylic acids is 1. The van der Waals surface area contributed by atoms with Crippen LogP contribution >= 0.6 is 11.6 Å². The number of aromatic nitrogens is 2. The third-order valence-corrected chi connectivity index (χ3v) is 2.57. The molecule has 0 aliphatic heterocycles. The van der Waals surface area contributed by atoms with Crippen LogP contribution in [0.15, 0.2) is 30.6 Å². The van der Waals surface area contributed by atoms with Crippen LogP contribution in [-0.2, 0) is 6.54 Å². The van der Waals surface area contributed by atoms with Gasteiger partial charge in [-0.2, -0.15) is 5.10 Å². The second-order valence-corrected chi connectivity index (χ2v) is 3.98. The van der Waals surface area contributed by atoms with Gasteiger partial charge in [0.2, 0.25) is 0 Å². The highest BCUT2D eigenvalue weighted by molar-refractivity contribution is 6.30. The van der Waals surface area contributed by atoms with Crippen molar-refractivity contribution in [2.24, 2.45) is 0 Å². The molecule has 2 rings (SSSR count). The van der Waals surface area contributed by atoms with Gasteiger partial charge in [-0.25, -0.2) is 0 Å². The van der Waals surface area contributed by atoms with Crippen molar-refractivity contribution in [1.82, 2.24) is 9.78 Å². The van der Waals surface area contributed by atoms with Crippen molar-refractivity contribution in [3.8, 4) is 5.75 Å². The largest absolute Gasteiger partial charge is 0.496 e. The van der Waals surface area contributed by atoms with Gasteiger partial charge in [0.05, 0.1) is 24.9 Å². The molecule has 0 saturated heterocycles. The number of aldehydes is 1. The van der Waals surface area contributed by atoms with Gasteiger partial charge in [0, 0.05) is 17.3 Å². The van der Waals surface area contributed by atoms with Crippen LogP contribution in [0.2, 0.25) is 5.02 Å². The van der Waals surface area contributed by atoms with Crippen molar-refractivity contribution in [3.05, 3.63) is 46.7 Å². The molecule has 0 saturated carbocycles. The molecule has 0 unspecified atom stereocenters. The Morgan fingerprint density at radius 3 is 2.94 bits per heavy atom. The van der Waals surface area contributed by atoms with E-state index in [2.05, 4.69) is 5.10 Å². The number of hydrogen-bond acceptors (Lipinski definition) is 3. The van der Waals surface area contributed by atoms with E-state index < -0.39 is 0 Å². The zero-order chi connectivity index (χ0) is 12.3. The molecule has 1 aromatic heterocycles. The summed E-state index contributed by atoms with van der Waals surface area (Å²) in [4.78, 5) is 10.7. The number of rotatable bonds is 4. The second-order valence-electron chi connectivity index (χ2n) is 3.55. The zero-order valence-corrected chi connectivity index (χ0v) is 10.0. The van der Waals surface area contributed by atoms with E-state index in [-0.39, 0.29) is 0 Å². The van der Waals surface area contributed by atoms with Crippen LogP contribution in [0.25, 0.3) is 0 Å². The maximum atomic E-state index is 10.7. The topological polar surface area (TPSA) is 44.1 Å². The lowest BCUT2D eigenvalue weighted by Gasteiger charge is -2.09. The summed E-state index contributed by atoms with van der Waals surface area (Å²) in [5, 5.41) is 4.66. The van der Waals surface area contributed by atoms with Gasteiger partial charge in [0.1, 0.15) is 12.0 Å². The molecule has 17 heavy (non-hydrogen) atoms. The van der Waals surface area contributed by atoms with Gasteiger partial charge in [-0.3, -0.25) is 9.48 Å². The van der Waals surface area contributed by atoms with Crippen molar-refractivity contribution < 1.29 is 9.53 Å². The molecule has 1 heterocycles. The number of halogens is 1. The fraction of sp³-hybridized carbons (Fsp3) is 0.167. The normalized spacial score (nSPS) is 10.2. The number of hydrogen-bond donors (Lipinski definition) is 0. The summed E-state index contributed by atoms with van der Waals surface area (Å²) in [5.74, 6) is 0.724. The van der Waals surface area contributed by atoms with Crippen molar-refractivity contribution in [2.75, 3.05) is 7.11 Å². The molecule has 1 aromatic carbocycles. The molecule has 5 heteroatoms. The summed E-state index contributed by atoms with van der Waals surface area (Å²) in [6.45, 7) is 0.511. The lowest BCUT2D eigenvalue weighted by molar-refractivity contribution is 0.112. The van der Waals surface area contributed by atoms with E-state index in [1.807, 2.05) is 0 Å². The first-order valence-corrected chi connectivity index (χ1v) is 5.41. The van der Waals surface area contributed by atoms with Crippen LogP contribution in [0.1, 0.15) is 15.9 Å². The van der Waals surface area contributed by atoms with E-state index in [1.165, 1.54) is 0 Å². The molecule has 0 radical (unpaired) electrons. The highest BCUT2D eigenvalue weighted by atomic mass is 35.5. The van der Waals surface area contributed by atoms with Crippen LogP contribution in [0.5, 0.6) is 5.75 Å². The first-order valence-electron chi connectivity index (χ1n) is 5.03. The number of benzene rings is 1. The van der Waals surface area contributed by atoms with Crippen molar-refractivity contribution in [2.45, 2.75) is 6.54 Å². The lowest BCUT2D eigenvalue weighted by atomic mass is 10.1. The highest BCUT2D eigenvalue weighted by Gasteiger charge is 2.06. The van der Waals surface area contributed by atoms with Gasteiger partial charge in [-0.05, 0) is 18.2 Å². The van der Waals surface area contributed by atoms with Crippen LogP contribution < -0.4 is 4.74 Å². The first kappa shape index (κ1) is 11.7. The van der Waals surface area contributed by atoms with Gasteiger partial charge in [0.15, 0.2) is 0 Å². The Balaban J connectivity index is 2.32. The SMILES string of the molecule is COc1ccc(C=O)cc1Cn1cc(Cl)cn1. The van der Waals surface area contributed by atoms with E-state index in [0.717, 1.165) is 17.6 Å². The molecule has 0 spiro atoms. The van der Waals surface area contributed by atoms with Crippen molar-refractivity contribution in [1.29, 1.82) is 0 Å². The van der Waals surface area contributed by atoms with Crippen molar-refractivity contribution in [3.63, 3.8) is 0 Å². The first-order chi connectivity index (χ1) is 8.22. The molecule has 0 atom stereocenters. The second kappa shape index (κ2) is 5.01. The minimum atomic E-state index is 0.511. The zero-order valence-electron chi connectivity index (χ0n) is 9.26. The molecule has 0 bridgehead atoms. The molecule has 2 aromatic rings. The molecule has 4 nitrogen and oxygen atoms in total. The van der Waals surface area contributed by atoms with Gasteiger partial charge in [0.25, 0.3) is 0 Å². The molecule has 0 N–H and O–H groups in total. The monoisotopic (exact) mass is 250 g/mol. The minimum Gasteiger partial charge on any atom is -0.496 e. The van der Waals surface area contributed by atoms with E-state index in [0.29, 0.717) is 17.1 Å². The molecular weight excluding hydrogens is 240 g/mol. The summed E-state index contributed by atoms with van der Waals surface area (Å²) >= 11 is 5.79. The van der Waals surface area contributed by atoms with Crippen LogP contribution in [-0.4, -0.2) is 23.2 Å². The Labute approximate surface area is 104 Å². The van der Waals surface area contributed by atoms with E-state index in [4.69, 9.17) is 16.3 Å². The van der Waals surface area contributed by atoms with Crippen molar-refractivity contribution >= 4 is 17.9 Å². The maximum absolute atomic E-state index is 10.7. The average molecular weight is 251 g/mol. The van der Waals surface area contributed by atoms with E-state index in [1.54, 1.807) is 42.4 Å². The van der Waals surface area contributed by atoms with Crippen LogP contribution in [0.3, 0.4) is 0 Å². The van der Waals surface area contributed by atoms with Gasteiger partial charge >= 0.3 is 0 Å². The minimum absolute atomic E-state index is 0.511. The Kier molecular flexibility index (Phi) is 3.44. The summed E-state index contributed by atoms with van der Waals surface area (Å²) in [7, 11) is 1.59. The smallest absolute Gasteiger partial charge is 0.150 e. The molecule has 0 fully saturated rings. The Morgan fingerprint density at radius 1 is 1.53 bits per heavy atom. The van der Waals surface area contributed by atoms with Crippen LogP contribution in [0, 0.1) is 0 Å². The van der Waals surface area contributed by atoms with Gasteiger partial charge < -0.3 is 4.74 Å². The summed E-state index contributed by atoms with van der Waals surface area (Å²) in [6, 6.07) is 5.26. The summed E-state index contributed by atoms with van der Waals surface area (Å²) in [6.07, 6.45) is 4.09. The average Bonchev–Trinajstić information content (AvgIpc) is 2.74. The van der Waals surface area contributed by atoms with E-state index in [9.17, 15) is 4.79 Å². The fourth-order valence-corrected chi connectivity index (χ4v) is 1.75. The number of nitrogens with zero attached hydrogens (tertiary/aromatic N) is 2. The molecule has 0 amide bonds. The Morgan fingerprint density at radius 2 is 2.35 bits per heavy atom. The number of ether oxygens (including phenoxy) is 1. The number of methoxy groups -OCH3 is 1. The number of carbonyl (C=O) groups is 1. The molecule has 0 aliphatic carbocycles. The lowest BCUT2D eigenvalue weighted by Crippen LogP contribution is -2.02. The Bertz CT molecular complexity index is 537. The Hall–Kier alpha value is -1.81. The highest BCUT2D eigenvalue weighted by Crippen LogP contribution is 2.20. The van der Waals surface area contributed by atoms with Crippen LogP contribution in [0.4, 0.5) is 0 Å². The summed E-state index contributed by atoms with van der Waals surface area (Å²) in [5.41, 5.74) is 1.50. The maximum Gasteiger partial charge on any atom is 0.150 e. The molecular formula is C12H11ClN2O2. The summed E-state index contributed by atoms with van der Waals surface area (Å²) < 4.78 is 6.92. The van der Waals surface area contributed by atoms with Gasteiger partial charge in [-0.1, -0.05) is 11.6 Å². The van der Waals surface area contributed by atoms with Gasteiger partial charge in [-0.15, -0.1) is 0 Å². The predicted octanol–water partition coefficient (Wildman–Crippen LogP) is 2.41. The molecule has 0 aliphatic rings. The third kappa shape index (κ3) is 2.65. The predicted molar refractivity (Wildman–Crippen MR) is 64.7 cm³/mol. The quantitative estimate of drug-likeness (QED) is 0.783. The fourth-order valence-electron chi connectivity index (χ4n) is 1.59. The van der Waals surface area contributed by atoms with E-state index >= 15 is 0 Å². The molecule has 88 valence electrons.